The number of nitrogens with one attached hydrogen (secondary N) is 1. The summed E-state index contributed by atoms with van der Waals surface area (Å²) in [6, 6.07) is 8.10. The fraction of sp³-hybridized carbons (Fsp3) is 0.300. The van der Waals surface area contributed by atoms with Crippen LogP contribution in [0.4, 0.5) is 5.13 Å². The molecule has 0 bridgehead atoms. The first kappa shape index (κ1) is 20.9. The molecule has 7 nitrogen and oxygen atoms in total. The van der Waals surface area contributed by atoms with Gasteiger partial charge in [-0.2, -0.15) is 0 Å². The number of hydrogen-bond donors (Lipinski definition) is 1. The molecule has 1 aromatic carbocycles. The number of anilines is 1. The van der Waals surface area contributed by atoms with E-state index in [0.717, 1.165) is 29.0 Å². The summed E-state index contributed by atoms with van der Waals surface area (Å²) >= 11 is 2.31. The van der Waals surface area contributed by atoms with Crippen molar-refractivity contribution in [1.29, 1.82) is 0 Å². The summed E-state index contributed by atoms with van der Waals surface area (Å²) in [6.45, 7) is 5.09. The molecule has 3 rings (SSSR count). The van der Waals surface area contributed by atoms with Crippen LogP contribution in [0.15, 0.2) is 39.8 Å². The molecule has 0 saturated heterocycles. The molecule has 0 aliphatic heterocycles. The Morgan fingerprint density at radius 2 is 1.93 bits per heavy atom. The number of hydrogen-bond acceptors (Lipinski definition) is 7. The number of benzene rings is 1. The highest BCUT2D eigenvalue weighted by Crippen LogP contribution is 2.25. The van der Waals surface area contributed by atoms with Gasteiger partial charge in [0.15, 0.2) is 11.2 Å². The van der Waals surface area contributed by atoms with Gasteiger partial charge in [0.1, 0.15) is 6.54 Å². The summed E-state index contributed by atoms with van der Waals surface area (Å²) < 4.78 is 6.47. The number of carbonyl (C=O) groups is 2. The lowest BCUT2D eigenvalue weighted by atomic mass is 10.1. The smallest absolute Gasteiger partial charge is 0.326 e. The van der Waals surface area contributed by atoms with Crippen LogP contribution in [0.1, 0.15) is 25.1 Å². The number of carbonyl (C=O) groups excluding carboxylic acids is 2. The summed E-state index contributed by atoms with van der Waals surface area (Å²) in [7, 11) is 0. The molecule has 152 valence electrons. The highest BCUT2D eigenvalue weighted by Gasteiger charge is 2.20. The van der Waals surface area contributed by atoms with E-state index in [2.05, 4.69) is 29.4 Å². The zero-order valence-electron chi connectivity index (χ0n) is 16.3. The van der Waals surface area contributed by atoms with Crippen LogP contribution in [-0.2, 0) is 27.3 Å². The third-order valence-electron chi connectivity index (χ3n) is 4.33. The zero-order valence-corrected chi connectivity index (χ0v) is 17.9. The van der Waals surface area contributed by atoms with Crippen LogP contribution in [0.25, 0.3) is 11.3 Å². The van der Waals surface area contributed by atoms with Gasteiger partial charge in [-0.15, -0.1) is 11.3 Å². The van der Waals surface area contributed by atoms with E-state index in [-0.39, 0.29) is 11.4 Å². The molecule has 2 aromatic heterocycles. The highest BCUT2D eigenvalue weighted by atomic mass is 32.1. The van der Waals surface area contributed by atoms with Crippen molar-refractivity contribution in [2.24, 2.45) is 0 Å². The summed E-state index contributed by atoms with van der Waals surface area (Å²) in [6.07, 6.45) is -0.0380. The molecule has 0 radical (unpaired) electrons. The molecular weight excluding hydrogens is 410 g/mol. The standard InChI is InChI=1S/C20H21N3O4S2/c1-4-14-5-7-15(8-6-14)16-11-28-19(21-16)22-18(25)13(3)27-17(24)9-23-12(2)10-29-20(23)26/h5-8,10-11,13H,4,9H2,1-3H3,(H,21,22,25)/t13-/m1/s1. The Morgan fingerprint density at radius 3 is 2.55 bits per heavy atom. The quantitative estimate of drug-likeness (QED) is 0.579. The molecule has 0 aliphatic rings. The fourth-order valence-corrected chi connectivity index (χ4v) is 4.05. The molecule has 0 aliphatic carbocycles. The molecule has 1 atom stereocenters. The lowest BCUT2D eigenvalue weighted by molar-refractivity contribution is -0.153. The van der Waals surface area contributed by atoms with Crippen molar-refractivity contribution >= 4 is 39.7 Å². The number of nitrogens with zero attached hydrogens (tertiary/aromatic N) is 2. The van der Waals surface area contributed by atoms with Gasteiger partial charge in [-0.25, -0.2) is 4.98 Å². The summed E-state index contributed by atoms with van der Waals surface area (Å²) in [4.78, 5) is 40.2. The van der Waals surface area contributed by atoms with Crippen molar-refractivity contribution in [3.63, 3.8) is 0 Å². The number of ether oxygens (including phenoxy) is 1. The molecular formula is C20H21N3O4S2. The molecule has 29 heavy (non-hydrogen) atoms. The van der Waals surface area contributed by atoms with Gasteiger partial charge >= 0.3 is 10.8 Å². The third kappa shape index (κ3) is 5.18. The van der Waals surface area contributed by atoms with Crippen molar-refractivity contribution in [3.8, 4) is 11.3 Å². The van der Waals surface area contributed by atoms with E-state index in [1.165, 1.54) is 28.4 Å². The topological polar surface area (TPSA) is 90.3 Å². The second-order valence-corrected chi connectivity index (χ2v) is 8.12. The lowest BCUT2D eigenvalue weighted by Crippen LogP contribution is -2.32. The van der Waals surface area contributed by atoms with Crippen LogP contribution in [0.2, 0.25) is 0 Å². The Kier molecular flexibility index (Phi) is 6.60. The van der Waals surface area contributed by atoms with Gasteiger partial charge in [-0.1, -0.05) is 42.5 Å². The van der Waals surface area contributed by atoms with Gasteiger partial charge in [-0.05, 0) is 25.8 Å². The second kappa shape index (κ2) is 9.15. The molecule has 3 aromatic rings. The maximum atomic E-state index is 12.3. The second-order valence-electron chi connectivity index (χ2n) is 6.44. The van der Waals surface area contributed by atoms with Crippen LogP contribution in [0.3, 0.4) is 0 Å². The SMILES string of the molecule is CCc1ccc(-c2csc(NC(=O)[C@@H](C)OC(=O)Cn3c(C)csc3=O)n2)cc1. The van der Waals surface area contributed by atoms with E-state index < -0.39 is 18.0 Å². The molecule has 0 spiro atoms. The summed E-state index contributed by atoms with van der Waals surface area (Å²) in [5, 5.41) is 6.62. The van der Waals surface area contributed by atoms with Gasteiger partial charge in [0.05, 0.1) is 5.69 Å². The number of aromatic nitrogens is 2. The van der Waals surface area contributed by atoms with Crippen molar-refractivity contribution in [2.75, 3.05) is 5.32 Å². The number of amides is 1. The first-order valence-corrected chi connectivity index (χ1v) is 10.8. The highest BCUT2D eigenvalue weighted by molar-refractivity contribution is 7.14. The Balaban J connectivity index is 1.57. The van der Waals surface area contributed by atoms with Crippen LogP contribution in [0, 0.1) is 6.92 Å². The first-order valence-electron chi connectivity index (χ1n) is 9.07. The van der Waals surface area contributed by atoms with Gasteiger partial charge in [0.2, 0.25) is 0 Å². The van der Waals surface area contributed by atoms with E-state index in [4.69, 9.17) is 4.74 Å². The summed E-state index contributed by atoms with van der Waals surface area (Å²) in [5.74, 6) is -1.12. The molecule has 2 heterocycles. The van der Waals surface area contributed by atoms with Crippen molar-refractivity contribution in [3.05, 3.63) is 56.0 Å². The van der Waals surface area contributed by atoms with Crippen LogP contribution < -0.4 is 10.2 Å². The number of esters is 1. The lowest BCUT2D eigenvalue weighted by Gasteiger charge is -2.12. The Bertz CT molecular complexity index is 1070. The van der Waals surface area contributed by atoms with Crippen LogP contribution in [0.5, 0.6) is 0 Å². The minimum atomic E-state index is -1.01. The third-order valence-corrected chi connectivity index (χ3v) is 5.97. The summed E-state index contributed by atoms with van der Waals surface area (Å²) in [5.41, 5.74) is 3.66. The van der Waals surface area contributed by atoms with E-state index in [0.29, 0.717) is 10.8 Å². The minimum absolute atomic E-state index is 0.221. The normalized spacial score (nSPS) is 11.8. The molecule has 1 N–H and O–H groups in total. The van der Waals surface area contributed by atoms with E-state index in [9.17, 15) is 14.4 Å². The van der Waals surface area contributed by atoms with Gasteiger partial charge in [0, 0.05) is 22.0 Å². The van der Waals surface area contributed by atoms with Gasteiger partial charge in [0.25, 0.3) is 5.91 Å². The number of rotatable bonds is 7. The first-order chi connectivity index (χ1) is 13.9. The van der Waals surface area contributed by atoms with Crippen LogP contribution >= 0.6 is 22.7 Å². The Hall–Kier alpha value is -2.78. The number of thiazole rings is 2. The molecule has 0 fully saturated rings. The molecule has 0 unspecified atom stereocenters. The average Bonchev–Trinajstić information content (AvgIpc) is 3.30. The predicted octanol–water partition coefficient (Wildman–Crippen LogP) is 3.47. The van der Waals surface area contributed by atoms with Crippen molar-refractivity contribution < 1.29 is 14.3 Å². The fourth-order valence-electron chi connectivity index (χ4n) is 2.60. The monoisotopic (exact) mass is 431 g/mol. The van der Waals surface area contributed by atoms with Crippen molar-refractivity contribution in [1.82, 2.24) is 9.55 Å². The Labute approximate surface area is 176 Å². The molecule has 0 saturated carbocycles. The van der Waals surface area contributed by atoms with Crippen molar-refractivity contribution in [2.45, 2.75) is 39.8 Å². The minimum Gasteiger partial charge on any atom is -0.451 e. The van der Waals surface area contributed by atoms with Gasteiger partial charge < -0.3 is 4.74 Å². The number of aryl methyl sites for hydroxylation is 2. The van der Waals surface area contributed by atoms with E-state index in [1.54, 1.807) is 12.3 Å². The maximum Gasteiger partial charge on any atom is 0.326 e. The molecule has 9 heteroatoms. The van der Waals surface area contributed by atoms with E-state index >= 15 is 0 Å². The van der Waals surface area contributed by atoms with E-state index in [1.807, 2.05) is 17.5 Å². The Morgan fingerprint density at radius 1 is 1.21 bits per heavy atom. The zero-order chi connectivity index (χ0) is 21.0. The van der Waals surface area contributed by atoms with Crippen LogP contribution in [-0.4, -0.2) is 27.5 Å². The predicted molar refractivity (Wildman–Crippen MR) is 114 cm³/mol. The largest absolute Gasteiger partial charge is 0.451 e. The molecule has 1 amide bonds. The average molecular weight is 432 g/mol. The maximum absolute atomic E-state index is 12.3. The van der Waals surface area contributed by atoms with Gasteiger partial charge in [-0.3, -0.25) is 24.3 Å².